The highest BCUT2D eigenvalue weighted by Crippen LogP contribution is 2.21. The number of carbonyl (C=O) groups excluding carboxylic acids is 2. The first-order valence-electron chi connectivity index (χ1n) is 6.33. The van der Waals surface area contributed by atoms with Gasteiger partial charge in [-0.15, -0.1) is 0 Å². The van der Waals surface area contributed by atoms with Gasteiger partial charge >= 0.3 is 5.97 Å². The second-order valence-corrected chi connectivity index (χ2v) is 4.77. The van der Waals surface area contributed by atoms with Gasteiger partial charge in [0.2, 0.25) is 5.91 Å². The molecule has 0 aromatic carbocycles. The van der Waals surface area contributed by atoms with Crippen molar-refractivity contribution in [2.45, 2.75) is 44.2 Å². The van der Waals surface area contributed by atoms with E-state index < -0.39 is 0 Å². The van der Waals surface area contributed by atoms with Crippen molar-refractivity contribution in [2.75, 3.05) is 20.2 Å². The Labute approximate surface area is 101 Å². The Morgan fingerprint density at radius 2 is 2.18 bits per heavy atom. The number of nitrogens with zero attached hydrogens (tertiary/aromatic N) is 1. The molecule has 0 aromatic heterocycles. The van der Waals surface area contributed by atoms with Crippen LogP contribution in [0.2, 0.25) is 0 Å². The molecule has 2 rings (SSSR count). The van der Waals surface area contributed by atoms with Crippen molar-refractivity contribution in [1.82, 2.24) is 10.2 Å². The highest BCUT2D eigenvalue weighted by molar-refractivity contribution is 5.85. The fraction of sp³-hybridized carbons (Fsp3) is 0.833. The van der Waals surface area contributed by atoms with Crippen LogP contribution in [0.25, 0.3) is 0 Å². The van der Waals surface area contributed by atoms with Crippen LogP contribution in [0.15, 0.2) is 0 Å². The maximum Gasteiger partial charge on any atom is 0.328 e. The van der Waals surface area contributed by atoms with Crippen molar-refractivity contribution in [3.05, 3.63) is 0 Å². The fourth-order valence-corrected chi connectivity index (χ4v) is 2.71. The minimum atomic E-state index is -0.353. The molecule has 0 saturated carbocycles. The predicted octanol–water partition coefficient (Wildman–Crippen LogP) is 0.293. The number of nitrogens with one attached hydrogen (secondary N) is 1. The molecule has 2 saturated heterocycles. The molecule has 1 N–H and O–H groups in total. The molecule has 1 amide bonds. The molecule has 5 nitrogen and oxygen atoms in total. The van der Waals surface area contributed by atoms with Gasteiger partial charge in [0.1, 0.15) is 6.04 Å². The normalized spacial score (nSPS) is 28.4. The number of hydrogen-bond acceptors (Lipinski definition) is 4. The smallest absolute Gasteiger partial charge is 0.328 e. The number of amides is 1. The summed E-state index contributed by atoms with van der Waals surface area (Å²) in [6, 6.07) is -0.0599. The number of rotatable bonds is 3. The summed E-state index contributed by atoms with van der Waals surface area (Å²) in [5, 5.41) is 3.31. The first kappa shape index (κ1) is 12.4. The van der Waals surface area contributed by atoms with Crippen LogP contribution in [0, 0.1) is 0 Å². The van der Waals surface area contributed by atoms with Gasteiger partial charge in [-0.3, -0.25) is 4.79 Å². The number of ether oxygens (including phenoxy) is 1. The first-order chi connectivity index (χ1) is 8.22. The molecule has 96 valence electrons. The molecule has 0 bridgehead atoms. The Balaban J connectivity index is 1.90. The number of hydrogen-bond donors (Lipinski definition) is 1. The summed E-state index contributed by atoms with van der Waals surface area (Å²) in [5.74, 6) is -0.201. The van der Waals surface area contributed by atoms with Gasteiger partial charge in [-0.25, -0.2) is 4.79 Å². The van der Waals surface area contributed by atoms with Crippen LogP contribution in [0.5, 0.6) is 0 Å². The number of likely N-dealkylation sites (tertiary alicyclic amines) is 1. The van der Waals surface area contributed by atoms with Crippen LogP contribution in [-0.2, 0) is 14.3 Å². The summed E-state index contributed by atoms with van der Waals surface area (Å²) in [6.45, 7) is 1.68. The summed E-state index contributed by atoms with van der Waals surface area (Å²) in [5.41, 5.74) is 0. The van der Waals surface area contributed by atoms with E-state index in [0.717, 1.165) is 32.2 Å². The van der Waals surface area contributed by atoms with Crippen LogP contribution in [-0.4, -0.2) is 49.1 Å². The summed E-state index contributed by atoms with van der Waals surface area (Å²) < 4.78 is 4.74. The number of esters is 1. The van der Waals surface area contributed by atoms with Gasteiger partial charge in [-0.1, -0.05) is 0 Å². The Kier molecular flexibility index (Phi) is 3.99. The Morgan fingerprint density at radius 1 is 1.35 bits per heavy atom. The summed E-state index contributed by atoms with van der Waals surface area (Å²) in [6.07, 6.45) is 4.33. The summed E-state index contributed by atoms with van der Waals surface area (Å²) in [4.78, 5) is 25.3. The highest BCUT2D eigenvalue weighted by atomic mass is 16.5. The third kappa shape index (κ3) is 2.77. The lowest BCUT2D eigenvalue weighted by molar-refractivity contribution is -0.151. The Bertz CT molecular complexity index is 300. The van der Waals surface area contributed by atoms with Gasteiger partial charge in [-0.05, 0) is 32.2 Å². The van der Waals surface area contributed by atoms with Crippen LogP contribution in [0.1, 0.15) is 32.1 Å². The van der Waals surface area contributed by atoms with E-state index in [9.17, 15) is 9.59 Å². The molecule has 0 spiro atoms. The Morgan fingerprint density at radius 3 is 2.82 bits per heavy atom. The van der Waals surface area contributed by atoms with E-state index in [-0.39, 0.29) is 17.9 Å². The molecule has 0 aliphatic carbocycles. The third-order valence-electron chi connectivity index (χ3n) is 3.63. The lowest BCUT2D eigenvalue weighted by Gasteiger charge is -2.24. The van der Waals surface area contributed by atoms with Crippen LogP contribution in [0.4, 0.5) is 0 Å². The van der Waals surface area contributed by atoms with E-state index >= 15 is 0 Å². The lowest BCUT2D eigenvalue weighted by Crippen LogP contribution is -2.43. The van der Waals surface area contributed by atoms with E-state index in [1.54, 1.807) is 4.90 Å². The molecule has 0 radical (unpaired) electrons. The standard InChI is InChI=1S/C12H20N2O3/c1-17-12(16)10-5-3-7-14(10)11(15)8-9-4-2-6-13-9/h9-10,13H,2-8H2,1H3. The van der Waals surface area contributed by atoms with Gasteiger partial charge in [0.05, 0.1) is 7.11 Å². The lowest BCUT2D eigenvalue weighted by atomic mass is 10.1. The molecule has 2 unspecified atom stereocenters. The number of carbonyl (C=O) groups is 2. The van der Waals surface area contributed by atoms with E-state index in [1.807, 2.05) is 0 Å². The molecule has 0 aromatic rings. The van der Waals surface area contributed by atoms with Crippen molar-refractivity contribution in [1.29, 1.82) is 0 Å². The first-order valence-corrected chi connectivity index (χ1v) is 6.33. The fourth-order valence-electron chi connectivity index (χ4n) is 2.71. The van der Waals surface area contributed by atoms with Crippen molar-refractivity contribution in [3.8, 4) is 0 Å². The second kappa shape index (κ2) is 5.49. The zero-order valence-corrected chi connectivity index (χ0v) is 10.3. The molecule has 5 heteroatoms. The maximum absolute atomic E-state index is 12.1. The van der Waals surface area contributed by atoms with Gasteiger partial charge in [0.15, 0.2) is 0 Å². The molecule has 17 heavy (non-hydrogen) atoms. The summed E-state index contributed by atoms with van der Waals surface area (Å²) in [7, 11) is 1.38. The molecule has 2 fully saturated rings. The van der Waals surface area contributed by atoms with Crippen molar-refractivity contribution >= 4 is 11.9 Å². The van der Waals surface area contributed by atoms with Gasteiger partial charge < -0.3 is 15.0 Å². The monoisotopic (exact) mass is 240 g/mol. The van der Waals surface area contributed by atoms with E-state index in [1.165, 1.54) is 7.11 Å². The van der Waals surface area contributed by atoms with Crippen molar-refractivity contribution < 1.29 is 14.3 Å². The molecular formula is C12H20N2O3. The van der Waals surface area contributed by atoms with Gasteiger partial charge in [0.25, 0.3) is 0 Å². The second-order valence-electron chi connectivity index (χ2n) is 4.77. The van der Waals surface area contributed by atoms with Gasteiger partial charge in [-0.2, -0.15) is 0 Å². The average molecular weight is 240 g/mol. The minimum Gasteiger partial charge on any atom is -0.467 e. The van der Waals surface area contributed by atoms with E-state index in [0.29, 0.717) is 19.0 Å². The van der Waals surface area contributed by atoms with Crippen molar-refractivity contribution in [2.24, 2.45) is 0 Å². The van der Waals surface area contributed by atoms with Crippen LogP contribution in [0.3, 0.4) is 0 Å². The SMILES string of the molecule is COC(=O)C1CCCN1C(=O)CC1CCCN1. The number of methoxy groups -OCH3 is 1. The molecule has 2 aliphatic rings. The van der Waals surface area contributed by atoms with Crippen LogP contribution < -0.4 is 5.32 Å². The van der Waals surface area contributed by atoms with E-state index in [4.69, 9.17) is 4.74 Å². The highest BCUT2D eigenvalue weighted by Gasteiger charge is 2.35. The summed E-state index contributed by atoms with van der Waals surface area (Å²) >= 11 is 0. The van der Waals surface area contributed by atoms with Gasteiger partial charge in [0, 0.05) is 19.0 Å². The molecule has 2 heterocycles. The average Bonchev–Trinajstić information content (AvgIpc) is 2.97. The van der Waals surface area contributed by atoms with Crippen molar-refractivity contribution in [3.63, 3.8) is 0 Å². The topological polar surface area (TPSA) is 58.6 Å². The predicted molar refractivity (Wildman–Crippen MR) is 62.4 cm³/mol. The molecule has 2 atom stereocenters. The zero-order valence-electron chi connectivity index (χ0n) is 10.3. The van der Waals surface area contributed by atoms with Crippen LogP contribution >= 0.6 is 0 Å². The molecule has 2 aliphatic heterocycles. The third-order valence-corrected chi connectivity index (χ3v) is 3.63. The quantitative estimate of drug-likeness (QED) is 0.720. The Hall–Kier alpha value is -1.10. The minimum absolute atomic E-state index is 0.0808. The van der Waals surface area contributed by atoms with E-state index in [2.05, 4.69) is 5.32 Å². The zero-order chi connectivity index (χ0) is 12.3. The maximum atomic E-state index is 12.1. The molecular weight excluding hydrogens is 220 g/mol. The largest absolute Gasteiger partial charge is 0.467 e.